The van der Waals surface area contributed by atoms with Gasteiger partial charge >= 0.3 is 0 Å². The molecule has 110 valence electrons. The molecule has 0 aromatic heterocycles. The Morgan fingerprint density at radius 1 is 1.19 bits per heavy atom. The summed E-state index contributed by atoms with van der Waals surface area (Å²) in [6.45, 7) is 1.82. The fourth-order valence-electron chi connectivity index (χ4n) is 1.74. The second kappa shape index (κ2) is 6.99. The van der Waals surface area contributed by atoms with Crippen molar-refractivity contribution in [1.29, 1.82) is 0 Å². The number of hydrogen-bond acceptors (Lipinski definition) is 3. The van der Waals surface area contributed by atoms with E-state index in [4.69, 9.17) is 21.1 Å². The normalized spacial score (nSPS) is 10.0. The van der Waals surface area contributed by atoms with Crippen LogP contribution in [0.4, 0.5) is 5.69 Å². The maximum absolute atomic E-state index is 11.8. The van der Waals surface area contributed by atoms with Crippen LogP contribution in [0.15, 0.2) is 42.5 Å². The van der Waals surface area contributed by atoms with Crippen molar-refractivity contribution in [2.75, 3.05) is 19.0 Å². The summed E-state index contributed by atoms with van der Waals surface area (Å²) >= 11 is 5.90. The molecule has 0 unspecified atom stereocenters. The third kappa shape index (κ3) is 4.39. The SMILES string of the molecule is COc1ccc(NC(=O)COc2cc(Cl)ccc2C)cc1. The maximum Gasteiger partial charge on any atom is 0.262 e. The first-order chi connectivity index (χ1) is 10.1. The van der Waals surface area contributed by atoms with E-state index in [9.17, 15) is 4.79 Å². The van der Waals surface area contributed by atoms with Gasteiger partial charge in [0.05, 0.1) is 7.11 Å². The van der Waals surface area contributed by atoms with E-state index in [0.717, 1.165) is 11.3 Å². The lowest BCUT2D eigenvalue weighted by molar-refractivity contribution is -0.118. The summed E-state index contributed by atoms with van der Waals surface area (Å²) < 4.78 is 10.5. The quantitative estimate of drug-likeness (QED) is 0.916. The van der Waals surface area contributed by atoms with Crippen molar-refractivity contribution >= 4 is 23.2 Å². The van der Waals surface area contributed by atoms with Crippen LogP contribution < -0.4 is 14.8 Å². The zero-order valence-electron chi connectivity index (χ0n) is 11.9. The highest BCUT2D eigenvalue weighted by atomic mass is 35.5. The van der Waals surface area contributed by atoms with Crippen LogP contribution in [-0.2, 0) is 4.79 Å². The minimum atomic E-state index is -0.237. The molecular weight excluding hydrogens is 290 g/mol. The number of hydrogen-bond donors (Lipinski definition) is 1. The summed E-state index contributed by atoms with van der Waals surface area (Å²) in [6.07, 6.45) is 0. The van der Waals surface area contributed by atoms with Crippen molar-refractivity contribution in [3.63, 3.8) is 0 Å². The highest BCUT2D eigenvalue weighted by Crippen LogP contribution is 2.22. The summed E-state index contributed by atoms with van der Waals surface area (Å²) in [5.41, 5.74) is 1.61. The minimum absolute atomic E-state index is 0.0762. The highest BCUT2D eigenvalue weighted by molar-refractivity contribution is 6.30. The second-order valence-corrected chi connectivity index (χ2v) is 4.91. The van der Waals surface area contributed by atoms with Gasteiger partial charge in [0.1, 0.15) is 11.5 Å². The van der Waals surface area contributed by atoms with Crippen LogP contribution in [0.1, 0.15) is 5.56 Å². The van der Waals surface area contributed by atoms with Gasteiger partial charge in [-0.3, -0.25) is 4.79 Å². The number of anilines is 1. The Kier molecular flexibility index (Phi) is 5.06. The number of ether oxygens (including phenoxy) is 2. The lowest BCUT2D eigenvalue weighted by Gasteiger charge is -2.10. The molecule has 0 bridgehead atoms. The summed E-state index contributed by atoms with van der Waals surface area (Å²) in [5.74, 6) is 1.10. The van der Waals surface area contributed by atoms with Crippen LogP contribution in [0.5, 0.6) is 11.5 Å². The number of rotatable bonds is 5. The highest BCUT2D eigenvalue weighted by Gasteiger charge is 2.06. The Bertz CT molecular complexity index is 626. The van der Waals surface area contributed by atoms with Crippen molar-refractivity contribution in [2.45, 2.75) is 6.92 Å². The monoisotopic (exact) mass is 305 g/mol. The number of nitrogens with one attached hydrogen (secondary N) is 1. The van der Waals surface area contributed by atoms with Gasteiger partial charge in [-0.1, -0.05) is 17.7 Å². The number of aryl methyl sites for hydroxylation is 1. The number of halogens is 1. The van der Waals surface area contributed by atoms with Gasteiger partial charge in [0.2, 0.25) is 0 Å². The van der Waals surface area contributed by atoms with Crippen LogP contribution in [0, 0.1) is 6.92 Å². The predicted octanol–water partition coefficient (Wildman–Crippen LogP) is 3.67. The number of carbonyl (C=O) groups is 1. The molecule has 0 spiro atoms. The Morgan fingerprint density at radius 2 is 1.90 bits per heavy atom. The van der Waals surface area contributed by atoms with E-state index < -0.39 is 0 Å². The van der Waals surface area contributed by atoms with Crippen LogP contribution >= 0.6 is 11.6 Å². The standard InChI is InChI=1S/C16H16ClNO3/c1-11-3-4-12(17)9-15(11)21-10-16(19)18-13-5-7-14(20-2)8-6-13/h3-9H,10H2,1-2H3,(H,18,19). The predicted molar refractivity (Wildman–Crippen MR) is 83.3 cm³/mol. The molecule has 21 heavy (non-hydrogen) atoms. The molecule has 2 rings (SSSR count). The first-order valence-electron chi connectivity index (χ1n) is 6.41. The Morgan fingerprint density at radius 3 is 2.57 bits per heavy atom. The van der Waals surface area contributed by atoms with Gasteiger partial charge in [-0.2, -0.15) is 0 Å². The zero-order valence-corrected chi connectivity index (χ0v) is 12.6. The molecular formula is C16H16ClNO3. The van der Waals surface area contributed by atoms with Crippen molar-refractivity contribution < 1.29 is 14.3 Å². The zero-order chi connectivity index (χ0) is 15.2. The Labute approximate surface area is 128 Å². The van der Waals surface area contributed by atoms with Gasteiger partial charge in [0.25, 0.3) is 5.91 Å². The van der Waals surface area contributed by atoms with Gasteiger partial charge in [-0.25, -0.2) is 0 Å². The minimum Gasteiger partial charge on any atom is -0.497 e. The van der Waals surface area contributed by atoms with E-state index in [0.29, 0.717) is 16.5 Å². The molecule has 0 aliphatic heterocycles. The lowest BCUT2D eigenvalue weighted by Crippen LogP contribution is -2.20. The van der Waals surface area contributed by atoms with Crippen molar-refractivity contribution in [3.8, 4) is 11.5 Å². The summed E-state index contributed by atoms with van der Waals surface area (Å²) in [6, 6.07) is 12.4. The number of methoxy groups -OCH3 is 1. The van der Waals surface area contributed by atoms with Crippen molar-refractivity contribution in [3.05, 3.63) is 53.1 Å². The molecule has 0 heterocycles. The van der Waals surface area contributed by atoms with Gasteiger partial charge in [0, 0.05) is 10.7 Å². The molecule has 0 saturated carbocycles. The van der Waals surface area contributed by atoms with Gasteiger partial charge in [-0.15, -0.1) is 0 Å². The van der Waals surface area contributed by atoms with Gasteiger partial charge in [-0.05, 0) is 48.9 Å². The van der Waals surface area contributed by atoms with E-state index in [1.165, 1.54) is 0 Å². The van der Waals surface area contributed by atoms with E-state index >= 15 is 0 Å². The average molecular weight is 306 g/mol. The molecule has 1 amide bonds. The fraction of sp³-hybridized carbons (Fsp3) is 0.188. The second-order valence-electron chi connectivity index (χ2n) is 4.48. The van der Waals surface area contributed by atoms with Crippen LogP contribution in [-0.4, -0.2) is 19.6 Å². The van der Waals surface area contributed by atoms with Crippen LogP contribution in [0.2, 0.25) is 5.02 Å². The summed E-state index contributed by atoms with van der Waals surface area (Å²) in [5, 5.41) is 3.32. The third-order valence-corrected chi connectivity index (χ3v) is 3.12. The molecule has 0 aliphatic carbocycles. The first-order valence-corrected chi connectivity index (χ1v) is 6.79. The Hall–Kier alpha value is -2.20. The van der Waals surface area contributed by atoms with E-state index in [2.05, 4.69) is 5.32 Å². The van der Waals surface area contributed by atoms with Crippen LogP contribution in [0.3, 0.4) is 0 Å². The molecule has 2 aromatic carbocycles. The van der Waals surface area contributed by atoms with Crippen molar-refractivity contribution in [1.82, 2.24) is 0 Å². The fourth-order valence-corrected chi connectivity index (χ4v) is 1.91. The van der Waals surface area contributed by atoms with E-state index in [1.54, 1.807) is 43.5 Å². The molecule has 1 N–H and O–H groups in total. The smallest absolute Gasteiger partial charge is 0.262 e. The van der Waals surface area contributed by atoms with E-state index in [1.807, 2.05) is 13.0 Å². The number of amides is 1. The molecule has 4 nitrogen and oxygen atoms in total. The molecule has 2 aromatic rings. The first kappa shape index (κ1) is 15.2. The third-order valence-electron chi connectivity index (χ3n) is 2.88. The molecule has 0 atom stereocenters. The largest absolute Gasteiger partial charge is 0.497 e. The van der Waals surface area contributed by atoms with Gasteiger partial charge in [0.15, 0.2) is 6.61 Å². The molecule has 0 radical (unpaired) electrons. The average Bonchev–Trinajstić information content (AvgIpc) is 2.49. The van der Waals surface area contributed by atoms with Crippen molar-refractivity contribution in [2.24, 2.45) is 0 Å². The number of benzene rings is 2. The lowest BCUT2D eigenvalue weighted by atomic mass is 10.2. The molecule has 0 fully saturated rings. The molecule has 0 aliphatic rings. The maximum atomic E-state index is 11.8. The molecule has 0 saturated heterocycles. The Balaban J connectivity index is 1.91. The topological polar surface area (TPSA) is 47.6 Å². The van der Waals surface area contributed by atoms with Gasteiger partial charge < -0.3 is 14.8 Å². The molecule has 5 heteroatoms. The summed E-state index contributed by atoms with van der Waals surface area (Å²) in [4.78, 5) is 11.8. The van der Waals surface area contributed by atoms with Crippen LogP contribution in [0.25, 0.3) is 0 Å². The van der Waals surface area contributed by atoms with E-state index in [-0.39, 0.29) is 12.5 Å². The number of carbonyl (C=O) groups excluding carboxylic acids is 1. The summed E-state index contributed by atoms with van der Waals surface area (Å²) in [7, 11) is 1.59.